The molecule has 12 heterocycles. The van der Waals surface area contributed by atoms with E-state index in [1.54, 1.807) is 79.6 Å². The number of dihydropyridines is 2. The summed E-state index contributed by atoms with van der Waals surface area (Å²) in [6.45, 7) is 7.41. The summed E-state index contributed by atoms with van der Waals surface area (Å²) in [5.74, 6) is 2.75. The van der Waals surface area contributed by atoms with Gasteiger partial charge in [0.25, 0.3) is 5.56 Å². The summed E-state index contributed by atoms with van der Waals surface area (Å²) in [6.07, 6.45) is 31.8. The van der Waals surface area contributed by atoms with E-state index in [0.29, 0.717) is 53.7 Å². The van der Waals surface area contributed by atoms with Crippen LogP contribution in [0.15, 0.2) is 154 Å². The number of piperidine rings is 3. The molecule has 0 aromatic carbocycles. The number of hydrogen-bond acceptors (Lipinski definition) is 19. The average Bonchev–Trinajstić information content (AvgIpc) is 1.21. The van der Waals surface area contributed by atoms with Crippen LogP contribution in [0.5, 0.6) is 17.6 Å². The molecule has 6 aromatic rings. The summed E-state index contributed by atoms with van der Waals surface area (Å²) >= 11 is 7.82. The lowest BCUT2D eigenvalue weighted by atomic mass is 9.90. The number of hydrogen-bond donors (Lipinski definition) is 0. The Morgan fingerprint density at radius 1 is 0.489 bits per heavy atom. The van der Waals surface area contributed by atoms with Crippen molar-refractivity contribution in [2.75, 3.05) is 70.9 Å². The van der Waals surface area contributed by atoms with Gasteiger partial charge in [-0.25, -0.2) is 24.9 Å². The Morgan fingerprint density at radius 3 is 1.38 bits per heavy atom. The lowest BCUT2D eigenvalue weighted by Crippen LogP contribution is -2.46. The molecular formula is C70H83ClIN13O7. The zero-order valence-electron chi connectivity index (χ0n) is 51.8. The molecule has 0 unspecified atom stereocenters. The van der Waals surface area contributed by atoms with Crippen molar-refractivity contribution in [3.05, 3.63) is 166 Å². The molecule has 0 N–H and O–H groups in total. The Bertz CT molecular complexity index is 3580. The van der Waals surface area contributed by atoms with Crippen molar-refractivity contribution < 1.29 is 28.6 Å². The van der Waals surface area contributed by atoms with Gasteiger partial charge in [0.2, 0.25) is 17.6 Å². The number of allylic oxidation sites excluding steroid dienone is 2. The molecule has 5 fully saturated rings. The van der Waals surface area contributed by atoms with Crippen LogP contribution in [0.1, 0.15) is 114 Å². The SMILES string of the molecule is C.CI.CN1CCC(Oc2ccc(C3=NCC(=O)C=C3)cn2)CC1.O=C1C=CC(c2ccc(OC3CCN(C4CCC4)CC3)nc2)=NC1.O=C1CCC(c2ccc(Cl)nc2)=NC1.O=c1ccc(-c2ccc(OC3CCN(C4CCC4)CC3)nc2)nn1-c1ccccn1. The van der Waals surface area contributed by atoms with Gasteiger partial charge in [0.05, 0.1) is 23.7 Å². The van der Waals surface area contributed by atoms with E-state index in [2.05, 4.69) is 89.3 Å². The number of aromatic nitrogens is 7. The highest BCUT2D eigenvalue weighted by atomic mass is 127. The second kappa shape index (κ2) is 34.9. The van der Waals surface area contributed by atoms with Gasteiger partial charge >= 0.3 is 0 Å². The van der Waals surface area contributed by atoms with Gasteiger partial charge in [0.1, 0.15) is 36.6 Å². The van der Waals surface area contributed by atoms with Crippen LogP contribution in [-0.4, -0.2) is 185 Å². The monoisotopic (exact) mass is 1380 g/mol. The van der Waals surface area contributed by atoms with Crippen molar-refractivity contribution in [1.82, 2.24) is 49.4 Å². The number of likely N-dealkylation sites (tertiary alicyclic amines) is 3. The number of ketones is 3. The van der Waals surface area contributed by atoms with E-state index in [4.69, 9.17) is 25.8 Å². The number of nitrogens with zero attached hydrogens (tertiary/aromatic N) is 13. The van der Waals surface area contributed by atoms with E-state index in [-0.39, 0.29) is 61.7 Å². The van der Waals surface area contributed by atoms with Gasteiger partial charge in [0, 0.05) is 141 Å². The lowest BCUT2D eigenvalue weighted by Gasteiger charge is -2.41. The summed E-state index contributed by atoms with van der Waals surface area (Å²) in [5.41, 5.74) is 6.62. The molecule has 2 saturated carbocycles. The second-order valence-electron chi connectivity index (χ2n) is 23.5. The minimum absolute atomic E-state index is 0. The van der Waals surface area contributed by atoms with Crippen molar-refractivity contribution in [2.24, 2.45) is 15.0 Å². The summed E-state index contributed by atoms with van der Waals surface area (Å²) in [6, 6.07) is 25.3. The first-order valence-corrected chi connectivity index (χ1v) is 34.2. The van der Waals surface area contributed by atoms with Gasteiger partial charge in [-0.2, -0.15) is 9.78 Å². The van der Waals surface area contributed by atoms with Crippen LogP contribution in [0.2, 0.25) is 5.15 Å². The molecule has 0 amide bonds. The third kappa shape index (κ3) is 20.0. The summed E-state index contributed by atoms with van der Waals surface area (Å²) in [7, 11) is 2.13. The molecule has 3 saturated heterocycles. The van der Waals surface area contributed by atoms with Crippen molar-refractivity contribution in [1.29, 1.82) is 0 Å². The standard InChI is InChI=1S/C23H25N5O2.C19H23N3O2.C16H19N3O2.C10H9ClN2O.CH3I.CH4/c29-23-10-8-20(26-28(23)21-6-1-2-13-24-21)17-7-9-22(25-16-17)30-19-11-14-27(15-12-19)18-4-3-5-18;23-16-5-6-18(20-13-16)14-4-7-19(21-12-14)24-17-8-10-22(11-9-17)15-2-1-3-15;1-19-8-6-14(7-9-19)21-16-5-2-12(10-18-16)15-4-3-13(20)11-17-15;11-10-4-1-7(5-13-10)9-3-2-8(14)6-12-9;1-2;/h1-2,6-10,13,16,18-19H,3-5,11-12,14-15H2;4-7,12,15,17H,1-3,8-11,13H2;2-5,10,14H,6-9,11H2,1H3;1,4-5H,2-3,6H2;1H3;1H4. The second-order valence-corrected chi connectivity index (χ2v) is 23.9. The normalized spacial score (nSPS) is 19.2. The molecule has 0 radical (unpaired) electrons. The first-order chi connectivity index (χ1) is 44.5. The highest BCUT2D eigenvalue weighted by Gasteiger charge is 2.31. The molecule has 92 heavy (non-hydrogen) atoms. The minimum atomic E-state index is -0.224. The van der Waals surface area contributed by atoms with Crippen molar-refractivity contribution in [3.63, 3.8) is 0 Å². The van der Waals surface area contributed by atoms with Gasteiger partial charge in [-0.15, -0.1) is 0 Å². The Balaban J connectivity index is 0.000000147. The van der Waals surface area contributed by atoms with E-state index < -0.39 is 0 Å². The number of Topliss-reactive ketones (excluding diaryl/α,β-unsaturated/α-hetero) is 1. The number of halogens is 2. The number of carbonyl (C=O) groups is 3. The van der Waals surface area contributed by atoms with Gasteiger partial charge in [-0.1, -0.05) is 60.5 Å². The highest BCUT2D eigenvalue weighted by Crippen LogP contribution is 2.30. The third-order valence-electron chi connectivity index (χ3n) is 17.2. The lowest BCUT2D eigenvalue weighted by molar-refractivity contribution is -0.118. The predicted molar refractivity (Wildman–Crippen MR) is 369 cm³/mol. The smallest absolute Gasteiger partial charge is 0.272 e. The Morgan fingerprint density at radius 2 is 0.978 bits per heavy atom. The van der Waals surface area contributed by atoms with Crippen LogP contribution in [0.3, 0.4) is 0 Å². The molecule has 484 valence electrons. The fourth-order valence-corrected chi connectivity index (χ4v) is 11.6. The maximum atomic E-state index is 12.2. The van der Waals surface area contributed by atoms with Crippen molar-refractivity contribution >= 4 is 68.7 Å². The topological polar surface area (TPSA) is 225 Å². The van der Waals surface area contributed by atoms with Crippen LogP contribution in [-0.2, 0) is 14.4 Å². The molecule has 0 spiro atoms. The molecule has 2 aliphatic carbocycles. The first-order valence-electron chi connectivity index (χ1n) is 31.6. The Kier molecular flexibility index (Phi) is 26.1. The largest absolute Gasteiger partial charge is 0.474 e. The molecule has 14 rings (SSSR count). The fraction of sp³-hybridized carbons (Fsp3) is 0.443. The number of aliphatic imine (C=N–C) groups is 3. The molecule has 20 nitrogen and oxygen atoms in total. The van der Waals surface area contributed by atoms with E-state index in [1.165, 1.54) is 49.3 Å². The molecule has 8 aliphatic rings. The van der Waals surface area contributed by atoms with Crippen molar-refractivity contribution in [3.8, 4) is 34.7 Å². The third-order valence-corrected chi connectivity index (χ3v) is 17.5. The van der Waals surface area contributed by atoms with Gasteiger partial charge in [0.15, 0.2) is 23.2 Å². The Hall–Kier alpha value is -7.57. The fourth-order valence-electron chi connectivity index (χ4n) is 11.5. The van der Waals surface area contributed by atoms with Crippen LogP contribution in [0, 0.1) is 0 Å². The maximum Gasteiger partial charge on any atom is 0.272 e. The van der Waals surface area contributed by atoms with Crippen LogP contribution >= 0.6 is 34.2 Å². The minimum Gasteiger partial charge on any atom is -0.474 e. The zero-order valence-corrected chi connectivity index (χ0v) is 54.7. The number of ether oxygens (including phenoxy) is 3. The molecular weight excluding hydrogens is 1300 g/mol. The van der Waals surface area contributed by atoms with Gasteiger partial charge in [-0.05, 0) is 155 Å². The molecule has 22 heteroatoms. The molecule has 6 aromatic heterocycles. The quantitative estimate of drug-likeness (QED) is 0.0595. The molecule has 6 aliphatic heterocycles. The Labute approximate surface area is 558 Å². The van der Waals surface area contributed by atoms with E-state index in [9.17, 15) is 19.2 Å². The number of pyridine rings is 5. The van der Waals surface area contributed by atoms with E-state index in [0.717, 1.165) is 129 Å². The summed E-state index contributed by atoms with van der Waals surface area (Å²) in [5, 5.41) is 4.93. The van der Waals surface area contributed by atoms with Crippen molar-refractivity contribution in [2.45, 2.75) is 128 Å². The van der Waals surface area contributed by atoms with E-state index >= 15 is 0 Å². The molecule has 0 atom stereocenters. The number of rotatable bonds is 13. The first kappa shape index (κ1) is 68.8. The van der Waals surface area contributed by atoms with Crippen LogP contribution in [0.4, 0.5) is 0 Å². The highest BCUT2D eigenvalue weighted by molar-refractivity contribution is 14.1. The van der Waals surface area contributed by atoms with E-state index in [1.807, 2.05) is 53.5 Å². The van der Waals surface area contributed by atoms with Crippen LogP contribution < -0.4 is 19.8 Å². The maximum absolute atomic E-state index is 12.2. The zero-order chi connectivity index (χ0) is 63.3. The number of alkyl halides is 1. The number of carbonyl (C=O) groups excluding carboxylic acids is 3. The van der Waals surface area contributed by atoms with Crippen LogP contribution in [0.25, 0.3) is 17.1 Å². The van der Waals surface area contributed by atoms with Gasteiger partial charge < -0.3 is 28.9 Å². The summed E-state index contributed by atoms with van der Waals surface area (Å²) < 4.78 is 19.4. The summed E-state index contributed by atoms with van der Waals surface area (Å²) in [4.78, 5) is 89.0. The average molecular weight is 1380 g/mol. The predicted octanol–water partition coefficient (Wildman–Crippen LogP) is 10.5. The van der Waals surface area contributed by atoms with Gasteiger partial charge in [-0.3, -0.25) is 34.2 Å². The molecule has 0 bridgehead atoms.